The Morgan fingerprint density at radius 3 is 2.58 bits per heavy atom. The molecule has 0 aliphatic carbocycles. The van der Waals surface area contributed by atoms with Crippen LogP contribution < -0.4 is 5.32 Å². The van der Waals surface area contributed by atoms with E-state index in [-0.39, 0.29) is 11.8 Å². The van der Waals surface area contributed by atoms with E-state index in [2.05, 4.69) is 22.2 Å². The third kappa shape index (κ3) is 3.31. The van der Waals surface area contributed by atoms with Gasteiger partial charge in [-0.1, -0.05) is 6.92 Å². The second-order valence-electron chi connectivity index (χ2n) is 6.69. The van der Waals surface area contributed by atoms with Crippen molar-refractivity contribution >= 4 is 11.8 Å². The predicted molar refractivity (Wildman–Crippen MR) is 91.2 cm³/mol. The van der Waals surface area contributed by atoms with Gasteiger partial charge < -0.3 is 19.7 Å². The van der Waals surface area contributed by atoms with Gasteiger partial charge in [0.15, 0.2) is 5.82 Å². The van der Waals surface area contributed by atoms with E-state index < -0.39 is 0 Å². The van der Waals surface area contributed by atoms with Crippen molar-refractivity contribution < 1.29 is 9.59 Å². The largest absolute Gasteiger partial charge is 0.349 e. The van der Waals surface area contributed by atoms with E-state index in [0.717, 1.165) is 64.1 Å². The van der Waals surface area contributed by atoms with Gasteiger partial charge in [0, 0.05) is 39.3 Å². The summed E-state index contributed by atoms with van der Waals surface area (Å²) in [5.41, 5.74) is 1.42. The van der Waals surface area contributed by atoms with Crippen LogP contribution in [0.2, 0.25) is 0 Å². The third-order valence-electron chi connectivity index (χ3n) is 4.85. The van der Waals surface area contributed by atoms with Crippen LogP contribution in [0.25, 0.3) is 0 Å². The molecule has 3 heterocycles. The molecule has 0 bridgehead atoms. The van der Waals surface area contributed by atoms with Gasteiger partial charge in [0.1, 0.15) is 5.69 Å². The van der Waals surface area contributed by atoms with Gasteiger partial charge in [-0.2, -0.15) is 0 Å². The molecule has 2 aliphatic heterocycles. The lowest BCUT2D eigenvalue weighted by Crippen LogP contribution is -2.47. The Labute approximate surface area is 143 Å². The quantitative estimate of drug-likeness (QED) is 0.883. The number of imidazole rings is 1. The average Bonchev–Trinajstić information content (AvgIpc) is 2.99. The molecule has 1 N–H and O–H groups in total. The van der Waals surface area contributed by atoms with Crippen molar-refractivity contribution in [1.82, 2.24) is 24.7 Å². The Morgan fingerprint density at radius 2 is 1.88 bits per heavy atom. The number of likely N-dealkylation sites (N-methyl/N-ethyl adjacent to an activating group) is 1. The Morgan fingerprint density at radius 1 is 1.12 bits per heavy atom. The molecule has 1 fully saturated rings. The Hall–Kier alpha value is -1.89. The van der Waals surface area contributed by atoms with E-state index in [1.807, 2.05) is 16.4 Å². The maximum Gasteiger partial charge on any atom is 0.287 e. The molecule has 0 radical (unpaired) electrons. The Balaban J connectivity index is 1.86. The van der Waals surface area contributed by atoms with Crippen molar-refractivity contribution in [2.24, 2.45) is 0 Å². The van der Waals surface area contributed by atoms with E-state index in [4.69, 9.17) is 0 Å². The van der Waals surface area contributed by atoms with E-state index in [0.29, 0.717) is 18.1 Å². The van der Waals surface area contributed by atoms with Crippen molar-refractivity contribution in [3.05, 3.63) is 17.2 Å². The van der Waals surface area contributed by atoms with Crippen molar-refractivity contribution in [3.63, 3.8) is 0 Å². The number of carbonyl (C=O) groups is 2. The molecule has 1 saturated heterocycles. The number of piperazine rings is 1. The Kier molecular flexibility index (Phi) is 5.18. The summed E-state index contributed by atoms with van der Waals surface area (Å²) in [5, 5.41) is 2.88. The van der Waals surface area contributed by atoms with Gasteiger partial charge in [0.25, 0.3) is 11.8 Å². The lowest BCUT2D eigenvalue weighted by molar-refractivity contribution is 0.0657. The average molecular weight is 333 g/mol. The number of fused-ring (bicyclic) bond motifs is 1. The van der Waals surface area contributed by atoms with Crippen LogP contribution in [0.3, 0.4) is 0 Å². The summed E-state index contributed by atoms with van der Waals surface area (Å²) in [4.78, 5) is 33.9. The molecule has 7 nitrogen and oxygen atoms in total. The van der Waals surface area contributed by atoms with Crippen LogP contribution in [0.4, 0.5) is 0 Å². The monoisotopic (exact) mass is 333 g/mol. The van der Waals surface area contributed by atoms with Gasteiger partial charge in [0.05, 0.1) is 5.69 Å². The lowest BCUT2D eigenvalue weighted by atomic mass is 10.1. The molecule has 3 rings (SSSR count). The number of carbonyl (C=O) groups excluding carboxylic acids is 2. The number of aromatic nitrogens is 2. The van der Waals surface area contributed by atoms with Crippen LogP contribution in [0, 0.1) is 0 Å². The molecule has 1 aromatic heterocycles. The second-order valence-corrected chi connectivity index (χ2v) is 6.69. The molecule has 0 saturated carbocycles. The van der Waals surface area contributed by atoms with Crippen LogP contribution in [-0.2, 0) is 13.0 Å². The minimum absolute atomic E-state index is 0.0247. The highest BCUT2D eigenvalue weighted by Crippen LogP contribution is 2.22. The highest BCUT2D eigenvalue weighted by Gasteiger charge is 2.30. The summed E-state index contributed by atoms with van der Waals surface area (Å²) in [6.07, 6.45) is 3.78. The van der Waals surface area contributed by atoms with Gasteiger partial charge >= 0.3 is 0 Å². The highest BCUT2D eigenvalue weighted by molar-refractivity contribution is 5.97. The first kappa shape index (κ1) is 17.0. The SMILES string of the molecule is CCCNC(=O)c1nc(C(=O)N2CCN(C)CC2)c2n1CCCC2. The van der Waals surface area contributed by atoms with Crippen LogP contribution in [0.15, 0.2) is 0 Å². The van der Waals surface area contributed by atoms with Crippen LogP contribution >= 0.6 is 0 Å². The predicted octanol–water partition coefficient (Wildman–Crippen LogP) is 0.747. The number of rotatable bonds is 4. The van der Waals surface area contributed by atoms with Crippen molar-refractivity contribution in [1.29, 1.82) is 0 Å². The maximum absolute atomic E-state index is 12.9. The highest BCUT2D eigenvalue weighted by atomic mass is 16.2. The molecule has 7 heteroatoms. The number of nitrogens with zero attached hydrogens (tertiary/aromatic N) is 4. The first-order valence-electron chi connectivity index (χ1n) is 8.97. The summed E-state index contributed by atoms with van der Waals surface area (Å²) in [6, 6.07) is 0. The lowest BCUT2D eigenvalue weighted by Gasteiger charge is -2.32. The van der Waals surface area contributed by atoms with E-state index in [1.54, 1.807) is 0 Å². The van der Waals surface area contributed by atoms with Gasteiger partial charge in [-0.15, -0.1) is 0 Å². The van der Waals surface area contributed by atoms with Crippen LogP contribution in [-0.4, -0.2) is 70.9 Å². The standard InChI is InChI=1S/C17H27N5O2/c1-3-7-18-16(23)15-19-14(13-6-4-5-8-22(13)15)17(24)21-11-9-20(2)10-12-21/h3-12H2,1-2H3,(H,18,23). The minimum Gasteiger partial charge on any atom is -0.349 e. The smallest absolute Gasteiger partial charge is 0.287 e. The number of hydrogen-bond acceptors (Lipinski definition) is 4. The van der Waals surface area contributed by atoms with Gasteiger partial charge in [0.2, 0.25) is 0 Å². The summed E-state index contributed by atoms with van der Waals surface area (Å²) in [6.45, 7) is 6.62. The summed E-state index contributed by atoms with van der Waals surface area (Å²) in [7, 11) is 2.07. The zero-order valence-electron chi connectivity index (χ0n) is 14.7. The zero-order chi connectivity index (χ0) is 17.1. The minimum atomic E-state index is -0.169. The van der Waals surface area contributed by atoms with Crippen molar-refractivity contribution in [2.75, 3.05) is 39.8 Å². The topological polar surface area (TPSA) is 70.5 Å². The van der Waals surface area contributed by atoms with Crippen LogP contribution in [0.1, 0.15) is 53.0 Å². The molecule has 0 aromatic carbocycles. The normalized spacial score (nSPS) is 18.3. The molecule has 0 unspecified atom stereocenters. The van der Waals surface area contributed by atoms with Gasteiger partial charge in [-0.25, -0.2) is 4.98 Å². The number of nitrogens with one attached hydrogen (secondary N) is 1. The van der Waals surface area contributed by atoms with E-state index in [1.165, 1.54) is 0 Å². The van der Waals surface area contributed by atoms with Crippen molar-refractivity contribution in [2.45, 2.75) is 39.2 Å². The number of amides is 2. The molecular formula is C17H27N5O2. The Bertz CT molecular complexity index is 617. The van der Waals surface area contributed by atoms with Crippen LogP contribution in [0.5, 0.6) is 0 Å². The fourth-order valence-electron chi connectivity index (χ4n) is 3.36. The molecule has 2 aliphatic rings. The first-order valence-corrected chi connectivity index (χ1v) is 8.97. The summed E-state index contributed by atoms with van der Waals surface area (Å²) >= 11 is 0. The maximum atomic E-state index is 12.9. The van der Waals surface area contributed by atoms with Gasteiger partial charge in [-0.3, -0.25) is 9.59 Å². The molecule has 0 atom stereocenters. The summed E-state index contributed by atoms with van der Waals surface area (Å²) in [5.74, 6) is 0.205. The van der Waals surface area contributed by atoms with Gasteiger partial charge in [-0.05, 0) is 32.7 Å². The molecule has 24 heavy (non-hydrogen) atoms. The summed E-state index contributed by atoms with van der Waals surface area (Å²) < 4.78 is 1.96. The molecule has 0 spiro atoms. The molecular weight excluding hydrogens is 306 g/mol. The molecule has 2 amide bonds. The van der Waals surface area contributed by atoms with Crippen molar-refractivity contribution in [3.8, 4) is 0 Å². The fraction of sp³-hybridized carbons (Fsp3) is 0.706. The number of hydrogen-bond donors (Lipinski definition) is 1. The first-order chi connectivity index (χ1) is 11.6. The molecule has 1 aromatic rings. The fourth-order valence-corrected chi connectivity index (χ4v) is 3.36. The van der Waals surface area contributed by atoms with E-state index in [9.17, 15) is 9.59 Å². The second kappa shape index (κ2) is 7.34. The molecule has 132 valence electrons. The van der Waals surface area contributed by atoms with E-state index >= 15 is 0 Å². The third-order valence-corrected chi connectivity index (χ3v) is 4.85. The zero-order valence-corrected chi connectivity index (χ0v) is 14.7.